The summed E-state index contributed by atoms with van der Waals surface area (Å²) < 4.78 is 5.48. The van der Waals surface area contributed by atoms with Crippen molar-refractivity contribution in [1.29, 1.82) is 0 Å². The molecule has 22 heavy (non-hydrogen) atoms. The van der Waals surface area contributed by atoms with Crippen molar-refractivity contribution in [2.75, 3.05) is 0 Å². The van der Waals surface area contributed by atoms with Gasteiger partial charge in [-0.25, -0.2) is 0 Å². The molecule has 2 bridgehead atoms. The Balaban J connectivity index is 1.40. The van der Waals surface area contributed by atoms with Gasteiger partial charge in [0, 0.05) is 11.5 Å². The summed E-state index contributed by atoms with van der Waals surface area (Å²) >= 11 is 0. The quantitative estimate of drug-likeness (QED) is 0.851. The zero-order valence-corrected chi connectivity index (χ0v) is 13.6. The molecule has 4 nitrogen and oxygen atoms in total. The Labute approximate surface area is 132 Å². The highest BCUT2D eigenvalue weighted by Crippen LogP contribution is 2.40. The van der Waals surface area contributed by atoms with Gasteiger partial charge in [0.25, 0.3) is 0 Å². The molecule has 0 aliphatic heterocycles. The van der Waals surface area contributed by atoms with Crippen molar-refractivity contribution in [3.05, 3.63) is 23.4 Å². The number of nitrogens with zero attached hydrogens (tertiary/aromatic N) is 2. The number of aromatic nitrogens is 2. The van der Waals surface area contributed by atoms with Crippen LogP contribution in [0.15, 0.2) is 16.2 Å². The third kappa shape index (κ3) is 2.98. The highest BCUT2D eigenvalue weighted by atomic mass is 16.5. The van der Waals surface area contributed by atoms with Gasteiger partial charge in [-0.15, -0.1) is 0 Å². The Morgan fingerprint density at radius 2 is 2.14 bits per heavy atom. The van der Waals surface area contributed by atoms with Crippen molar-refractivity contribution in [3.8, 4) is 0 Å². The second-order valence-electron chi connectivity index (χ2n) is 7.77. The van der Waals surface area contributed by atoms with E-state index in [-0.39, 0.29) is 5.54 Å². The van der Waals surface area contributed by atoms with Crippen LogP contribution < -0.4 is 5.32 Å². The maximum absolute atomic E-state index is 5.48. The van der Waals surface area contributed by atoms with Crippen LogP contribution in [-0.2, 0) is 6.54 Å². The van der Waals surface area contributed by atoms with E-state index in [1.807, 2.05) is 0 Å². The number of hydrogen-bond acceptors (Lipinski definition) is 4. The minimum atomic E-state index is 0.104. The normalized spacial score (nSPS) is 32.2. The molecule has 0 amide bonds. The summed E-state index contributed by atoms with van der Waals surface area (Å²) in [4.78, 5) is 4.62. The van der Waals surface area contributed by atoms with Crippen molar-refractivity contribution in [2.45, 2.75) is 82.7 Å². The van der Waals surface area contributed by atoms with Crippen LogP contribution >= 0.6 is 0 Å². The summed E-state index contributed by atoms with van der Waals surface area (Å²) in [5, 5.41) is 7.86. The highest BCUT2D eigenvalue weighted by molar-refractivity contribution is 5.20. The molecular formula is C18H27N3O. The molecule has 1 heterocycles. The van der Waals surface area contributed by atoms with Gasteiger partial charge in [0.05, 0.1) is 6.54 Å². The van der Waals surface area contributed by atoms with E-state index in [1.165, 1.54) is 57.8 Å². The zero-order valence-electron chi connectivity index (χ0n) is 13.6. The molecule has 2 unspecified atom stereocenters. The molecule has 1 aromatic rings. The van der Waals surface area contributed by atoms with Crippen LogP contribution in [0.3, 0.4) is 0 Å². The number of hydrogen-bond donors (Lipinski definition) is 1. The average Bonchev–Trinajstić information content (AvgIpc) is 3.16. The van der Waals surface area contributed by atoms with Crippen molar-refractivity contribution >= 4 is 0 Å². The van der Waals surface area contributed by atoms with E-state index in [2.05, 4.69) is 28.5 Å². The van der Waals surface area contributed by atoms with Crippen LogP contribution in [-0.4, -0.2) is 15.7 Å². The Hall–Kier alpha value is -1.16. The lowest BCUT2D eigenvalue weighted by Crippen LogP contribution is -2.45. The van der Waals surface area contributed by atoms with Gasteiger partial charge in [-0.05, 0) is 57.8 Å². The van der Waals surface area contributed by atoms with E-state index >= 15 is 0 Å². The van der Waals surface area contributed by atoms with E-state index in [4.69, 9.17) is 4.52 Å². The molecule has 2 atom stereocenters. The van der Waals surface area contributed by atoms with Crippen LogP contribution in [0.1, 0.15) is 82.3 Å². The smallest absolute Gasteiger partial charge is 0.229 e. The first-order chi connectivity index (χ1) is 10.7. The van der Waals surface area contributed by atoms with Gasteiger partial charge < -0.3 is 9.84 Å². The monoisotopic (exact) mass is 301 g/mol. The third-order valence-electron chi connectivity index (χ3n) is 5.74. The fraction of sp³-hybridized carbons (Fsp3) is 0.778. The van der Waals surface area contributed by atoms with Gasteiger partial charge in [-0.2, -0.15) is 4.98 Å². The second-order valence-corrected chi connectivity index (χ2v) is 7.77. The lowest BCUT2D eigenvalue weighted by atomic mass is 9.71. The first-order valence-corrected chi connectivity index (χ1v) is 8.98. The Kier molecular flexibility index (Phi) is 3.81. The molecule has 2 fully saturated rings. The summed E-state index contributed by atoms with van der Waals surface area (Å²) in [5.74, 6) is 3.05. The predicted molar refractivity (Wildman–Crippen MR) is 85.4 cm³/mol. The lowest BCUT2D eigenvalue weighted by molar-refractivity contribution is 0.263. The summed E-state index contributed by atoms with van der Waals surface area (Å²) in [6.45, 7) is 3.03. The van der Waals surface area contributed by atoms with Gasteiger partial charge in [-0.3, -0.25) is 0 Å². The highest BCUT2D eigenvalue weighted by Gasteiger charge is 2.33. The first-order valence-electron chi connectivity index (χ1n) is 8.98. The first kappa shape index (κ1) is 14.4. The molecule has 4 rings (SSSR count). The molecule has 3 aliphatic rings. The van der Waals surface area contributed by atoms with Gasteiger partial charge in [0.2, 0.25) is 5.89 Å². The minimum absolute atomic E-state index is 0.104. The third-order valence-corrected chi connectivity index (χ3v) is 5.74. The summed E-state index contributed by atoms with van der Waals surface area (Å²) in [5.41, 5.74) is 1.75. The van der Waals surface area contributed by atoms with E-state index in [9.17, 15) is 0 Å². The lowest BCUT2D eigenvalue weighted by Gasteiger charge is -2.40. The fourth-order valence-corrected chi connectivity index (χ4v) is 4.69. The van der Waals surface area contributed by atoms with Crippen LogP contribution in [0.2, 0.25) is 0 Å². The van der Waals surface area contributed by atoms with E-state index < -0.39 is 0 Å². The van der Waals surface area contributed by atoms with Gasteiger partial charge in [0.15, 0.2) is 5.82 Å². The molecule has 3 aliphatic carbocycles. The summed E-state index contributed by atoms with van der Waals surface area (Å²) in [6.07, 6.45) is 14.1. The maximum Gasteiger partial charge on any atom is 0.229 e. The van der Waals surface area contributed by atoms with Gasteiger partial charge in [0.1, 0.15) is 0 Å². The molecule has 0 aromatic carbocycles. The Bertz CT molecular complexity index is 558. The Morgan fingerprint density at radius 1 is 1.27 bits per heavy atom. The SMILES string of the molecule is CC1(NCc2noc(C3CCCC3)n2)C=C2CCCC(C2)C1. The summed E-state index contributed by atoms with van der Waals surface area (Å²) in [7, 11) is 0. The van der Waals surface area contributed by atoms with Gasteiger partial charge in [-0.1, -0.05) is 29.6 Å². The van der Waals surface area contributed by atoms with Crippen LogP contribution in [0.25, 0.3) is 0 Å². The molecule has 1 N–H and O–H groups in total. The number of allylic oxidation sites excluding steroid dienone is 1. The molecule has 1 aromatic heterocycles. The van der Waals surface area contributed by atoms with Crippen molar-refractivity contribution in [2.24, 2.45) is 5.92 Å². The predicted octanol–water partition coefficient (Wildman–Crippen LogP) is 4.10. The van der Waals surface area contributed by atoms with Crippen molar-refractivity contribution < 1.29 is 4.52 Å². The standard InChI is InChI=1S/C18H27N3O/c1-18(10-13-5-4-6-14(9-13)11-18)19-12-16-20-17(22-21-16)15-7-2-3-8-15/h10,14-15,19H,2-9,11-12H2,1H3. The second kappa shape index (κ2) is 5.80. The molecule has 4 heteroatoms. The topological polar surface area (TPSA) is 51.0 Å². The van der Waals surface area contributed by atoms with Crippen LogP contribution in [0.4, 0.5) is 0 Å². The zero-order chi connectivity index (χ0) is 15.0. The van der Waals surface area contributed by atoms with E-state index in [1.54, 1.807) is 5.57 Å². The van der Waals surface area contributed by atoms with Crippen molar-refractivity contribution in [1.82, 2.24) is 15.5 Å². The summed E-state index contributed by atoms with van der Waals surface area (Å²) in [6, 6.07) is 0. The fourth-order valence-electron chi connectivity index (χ4n) is 4.69. The van der Waals surface area contributed by atoms with E-state index in [0.29, 0.717) is 12.5 Å². The largest absolute Gasteiger partial charge is 0.339 e. The van der Waals surface area contributed by atoms with Gasteiger partial charge >= 0.3 is 0 Å². The molecule has 0 spiro atoms. The minimum Gasteiger partial charge on any atom is -0.339 e. The average molecular weight is 301 g/mol. The molecule has 0 saturated heterocycles. The Morgan fingerprint density at radius 3 is 2.95 bits per heavy atom. The van der Waals surface area contributed by atoms with Crippen molar-refractivity contribution in [3.63, 3.8) is 0 Å². The molecule has 0 radical (unpaired) electrons. The number of fused-ring (bicyclic) bond motifs is 2. The van der Waals surface area contributed by atoms with E-state index in [0.717, 1.165) is 17.6 Å². The molecule has 120 valence electrons. The molecular weight excluding hydrogens is 274 g/mol. The number of rotatable bonds is 4. The maximum atomic E-state index is 5.48. The van der Waals surface area contributed by atoms with Crippen LogP contribution in [0.5, 0.6) is 0 Å². The van der Waals surface area contributed by atoms with Crippen LogP contribution in [0, 0.1) is 5.92 Å². The number of nitrogens with one attached hydrogen (secondary N) is 1. The molecule has 2 saturated carbocycles.